The Bertz CT molecular complexity index is 479. The summed E-state index contributed by atoms with van der Waals surface area (Å²) in [7, 11) is 0. The maximum atomic E-state index is 13.1. The molecule has 0 saturated heterocycles. The number of hydrogen-bond donors (Lipinski definition) is 1. The second-order valence-corrected chi connectivity index (χ2v) is 3.35. The van der Waals surface area contributed by atoms with Crippen LogP contribution in [0.15, 0.2) is 28.9 Å². The number of rotatable bonds is 2. The van der Waals surface area contributed by atoms with Gasteiger partial charge >= 0.3 is 0 Å². The third-order valence-corrected chi connectivity index (χ3v) is 2.28. The van der Waals surface area contributed by atoms with E-state index in [-0.39, 0.29) is 5.82 Å². The molecule has 0 fully saturated rings. The number of hydrogen-bond acceptors (Lipinski definition) is 3. The molecule has 1 aromatic carbocycles. The van der Waals surface area contributed by atoms with Gasteiger partial charge in [-0.25, -0.2) is 4.39 Å². The van der Waals surface area contributed by atoms with Crippen molar-refractivity contribution >= 4 is 0 Å². The normalized spacial score (nSPS) is 10.6. The van der Waals surface area contributed by atoms with Gasteiger partial charge in [0.05, 0.1) is 6.20 Å². The predicted octanol–water partition coefficient (Wildman–Crippen LogP) is 2.25. The van der Waals surface area contributed by atoms with Crippen molar-refractivity contribution in [2.75, 3.05) is 0 Å². The zero-order chi connectivity index (χ0) is 10.8. The Balaban J connectivity index is 2.50. The summed E-state index contributed by atoms with van der Waals surface area (Å²) in [5.74, 6) is 0.383. The van der Waals surface area contributed by atoms with Gasteiger partial charge in [-0.3, -0.25) is 0 Å². The predicted molar refractivity (Wildman–Crippen MR) is 54.5 cm³/mol. The van der Waals surface area contributed by atoms with Gasteiger partial charge in [-0.2, -0.15) is 0 Å². The van der Waals surface area contributed by atoms with E-state index in [9.17, 15) is 4.39 Å². The van der Waals surface area contributed by atoms with E-state index in [0.29, 0.717) is 17.9 Å². The maximum absolute atomic E-state index is 13.1. The van der Waals surface area contributed by atoms with Crippen molar-refractivity contribution < 1.29 is 8.91 Å². The fourth-order valence-corrected chi connectivity index (χ4v) is 1.43. The van der Waals surface area contributed by atoms with Crippen molar-refractivity contribution in [2.24, 2.45) is 5.73 Å². The summed E-state index contributed by atoms with van der Waals surface area (Å²) in [6.45, 7) is 2.06. The third kappa shape index (κ3) is 1.76. The fourth-order valence-electron chi connectivity index (χ4n) is 1.43. The van der Waals surface area contributed by atoms with Crippen LogP contribution >= 0.6 is 0 Å². The van der Waals surface area contributed by atoms with Crippen molar-refractivity contribution in [1.29, 1.82) is 0 Å². The van der Waals surface area contributed by atoms with Crippen LogP contribution in [0.5, 0.6) is 0 Å². The zero-order valence-electron chi connectivity index (χ0n) is 8.33. The Morgan fingerprint density at radius 3 is 2.93 bits per heavy atom. The van der Waals surface area contributed by atoms with Gasteiger partial charge in [0.1, 0.15) is 5.82 Å². The van der Waals surface area contributed by atoms with E-state index in [0.717, 1.165) is 11.1 Å². The third-order valence-electron chi connectivity index (χ3n) is 2.28. The average molecular weight is 206 g/mol. The summed E-state index contributed by atoms with van der Waals surface area (Å²) in [6, 6.07) is 4.78. The smallest absolute Gasteiger partial charge is 0.171 e. The average Bonchev–Trinajstić information content (AvgIpc) is 2.70. The molecule has 4 heteroatoms. The number of nitrogens with zero attached hydrogens (tertiary/aromatic N) is 1. The van der Waals surface area contributed by atoms with Crippen LogP contribution in [0, 0.1) is 12.7 Å². The molecule has 1 heterocycles. The summed E-state index contributed by atoms with van der Waals surface area (Å²) in [5.41, 5.74) is 7.72. The molecule has 15 heavy (non-hydrogen) atoms. The van der Waals surface area contributed by atoms with E-state index in [1.807, 2.05) is 0 Å². The van der Waals surface area contributed by atoms with Crippen molar-refractivity contribution in [3.05, 3.63) is 41.3 Å². The molecule has 78 valence electrons. The molecule has 0 saturated carbocycles. The Hall–Kier alpha value is -1.68. The summed E-state index contributed by atoms with van der Waals surface area (Å²) in [5, 5.41) is 3.67. The quantitative estimate of drug-likeness (QED) is 0.819. The van der Waals surface area contributed by atoms with E-state index in [4.69, 9.17) is 10.3 Å². The lowest BCUT2D eigenvalue weighted by Gasteiger charge is -2.01. The van der Waals surface area contributed by atoms with Crippen LogP contribution in [-0.4, -0.2) is 5.16 Å². The minimum atomic E-state index is -0.229. The molecule has 0 spiro atoms. The van der Waals surface area contributed by atoms with Crippen LogP contribution in [0.25, 0.3) is 11.3 Å². The lowest BCUT2D eigenvalue weighted by Crippen LogP contribution is -1.96. The van der Waals surface area contributed by atoms with Gasteiger partial charge < -0.3 is 10.3 Å². The molecule has 2 aromatic rings. The number of benzene rings is 1. The highest BCUT2D eigenvalue weighted by Crippen LogP contribution is 2.24. The largest absolute Gasteiger partial charge is 0.356 e. The first-order valence-corrected chi connectivity index (χ1v) is 4.62. The van der Waals surface area contributed by atoms with Crippen LogP contribution in [0.1, 0.15) is 11.1 Å². The molecule has 0 unspecified atom stereocenters. The van der Waals surface area contributed by atoms with Gasteiger partial charge in [0.2, 0.25) is 0 Å². The van der Waals surface area contributed by atoms with Gasteiger partial charge in [-0.05, 0) is 30.7 Å². The summed E-state index contributed by atoms with van der Waals surface area (Å²) in [6.07, 6.45) is 1.58. The van der Waals surface area contributed by atoms with E-state index in [2.05, 4.69) is 5.16 Å². The zero-order valence-corrected chi connectivity index (χ0v) is 8.33. The van der Waals surface area contributed by atoms with Gasteiger partial charge in [0.15, 0.2) is 5.76 Å². The van der Waals surface area contributed by atoms with E-state index >= 15 is 0 Å². The Morgan fingerprint density at radius 1 is 1.47 bits per heavy atom. The molecule has 0 radical (unpaired) electrons. The molecule has 2 rings (SSSR count). The Labute approximate surface area is 86.7 Å². The number of aryl methyl sites for hydroxylation is 1. The van der Waals surface area contributed by atoms with E-state index in [1.165, 1.54) is 6.07 Å². The highest BCUT2D eigenvalue weighted by atomic mass is 19.1. The topological polar surface area (TPSA) is 52.0 Å². The van der Waals surface area contributed by atoms with Crippen LogP contribution in [0.4, 0.5) is 4.39 Å². The molecule has 2 N–H and O–H groups in total. The van der Waals surface area contributed by atoms with Gasteiger partial charge in [0.25, 0.3) is 0 Å². The lowest BCUT2D eigenvalue weighted by molar-refractivity contribution is 0.431. The first-order chi connectivity index (χ1) is 7.22. The molecular weight excluding hydrogens is 195 g/mol. The maximum Gasteiger partial charge on any atom is 0.171 e. The first kappa shape index (κ1) is 9.86. The second kappa shape index (κ2) is 3.82. The highest BCUT2D eigenvalue weighted by Gasteiger charge is 2.10. The van der Waals surface area contributed by atoms with Crippen LogP contribution in [-0.2, 0) is 6.54 Å². The molecular formula is C11H11FN2O. The monoisotopic (exact) mass is 206 g/mol. The molecule has 3 nitrogen and oxygen atoms in total. The Morgan fingerprint density at radius 2 is 2.27 bits per heavy atom. The van der Waals surface area contributed by atoms with Crippen molar-refractivity contribution in [3.8, 4) is 11.3 Å². The van der Waals surface area contributed by atoms with Gasteiger partial charge in [-0.15, -0.1) is 0 Å². The minimum absolute atomic E-state index is 0.229. The lowest BCUT2D eigenvalue weighted by atomic mass is 10.1. The summed E-state index contributed by atoms with van der Waals surface area (Å²) >= 11 is 0. The van der Waals surface area contributed by atoms with Gasteiger partial charge in [0, 0.05) is 17.7 Å². The molecule has 0 atom stereocenters. The van der Waals surface area contributed by atoms with Crippen LogP contribution in [0.3, 0.4) is 0 Å². The van der Waals surface area contributed by atoms with E-state index < -0.39 is 0 Å². The second-order valence-electron chi connectivity index (χ2n) is 3.35. The van der Waals surface area contributed by atoms with Crippen molar-refractivity contribution in [2.45, 2.75) is 13.5 Å². The molecule has 0 amide bonds. The van der Waals surface area contributed by atoms with E-state index in [1.54, 1.807) is 25.3 Å². The standard InChI is InChI=1S/C11H11FN2O/c1-7-4-8(2-3-10(7)12)11-9(5-13)6-14-15-11/h2-4,6H,5,13H2,1H3. The van der Waals surface area contributed by atoms with Gasteiger partial charge in [-0.1, -0.05) is 5.16 Å². The number of aromatic nitrogens is 1. The Kier molecular flexibility index (Phi) is 2.51. The highest BCUT2D eigenvalue weighted by molar-refractivity contribution is 5.61. The summed E-state index contributed by atoms with van der Waals surface area (Å²) in [4.78, 5) is 0. The number of halogens is 1. The fraction of sp³-hybridized carbons (Fsp3) is 0.182. The van der Waals surface area contributed by atoms with Crippen LogP contribution in [0.2, 0.25) is 0 Å². The summed E-state index contributed by atoms with van der Waals surface area (Å²) < 4.78 is 18.1. The molecule has 0 aliphatic heterocycles. The first-order valence-electron chi connectivity index (χ1n) is 4.62. The minimum Gasteiger partial charge on any atom is -0.356 e. The molecule has 1 aromatic heterocycles. The molecule has 0 aliphatic carbocycles. The SMILES string of the molecule is Cc1cc(-c2oncc2CN)ccc1F. The number of nitrogens with two attached hydrogens (primary N) is 1. The van der Waals surface area contributed by atoms with Crippen LogP contribution < -0.4 is 5.73 Å². The van der Waals surface area contributed by atoms with Crippen molar-refractivity contribution in [3.63, 3.8) is 0 Å². The molecule has 0 bridgehead atoms. The van der Waals surface area contributed by atoms with Crippen molar-refractivity contribution in [1.82, 2.24) is 5.16 Å². The molecule has 0 aliphatic rings.